The molecule has 226 valence electrons. The SMILES string of the molecule is C=C(C)C(=O)OCCOOC(C)c1cc(Nc2ccccc2)c(C(=O)OCCOC(=O)C(=C)C)cc1Nc1ccccc1. The topological polar surface area (TPSA) is 121 Å². The first kappa shape index (κ1) is 32.6. The molecule has 10 nitrogen and oxygen atoms in total. The summed E-state index contributed by atoms with van der Waals surface area (Å²) in [7, 11) is 0. The molecule has 0 aliphatic carbocycles. The molecule has 1 unspecified atom stereocenters. The van der Waals surface area contributed by atoms with Gasteiger partial charge in [-0.15, -0.1) is 0 Å². The maximum absolute atomic E-state index is 13.3. The molecule has 1 atom stereocenters. The van der Waals surface area contributed by atoms with Crippen LogP contribution in [-0.4, -0.2) is 44.3 Å². The minimum atomic E-state index is -0.628. The van der Waals surface area contributed by atoms with Crippen LogP contribution in [0.3, 0.4) is 0 Å². The first-order valence-corrected chi connectivity index (χ1v) is 13.6. The van der Waals surface area contributed by atoms with Crippen LogP contribution in [-0.2, 0) is 33.6 Å². The standard InChI is InChI=1S/C33H36N2O8/c1-22(2)31(36)39-16-17-41-33(38)28-21-29(34-25-12-8-6-9-13-25)27(20-30(28)35-26-14-10-7-11-15-26)24(5)43-42-19-18-40-32(37)23(3)4/h6-15,20-21,24,34-35H,1,3,16-19H2,2,4-5H3. The van der Waals surface area contributed by atoms with Crippen molar-refractivity contribution in [3.63, 3.8) is 0 Å². The molecule has 0 radical (unpaired) electrons. The summed E-state index contributed by atoms with van der Waals surface area (Å²) in [5, 5.41) is 6.61. The van der Waals surface area contributed by atoms with Crippen LogP contribution in [0.25, 0.3) is 0 Å². The molecular formula is C33H36N2O8. The van der Waals surface area contributed by atoms with Crippen LogP contribution in [0, 0.1) is 0 Å². The molecule has 0 aromatic heterocycles. The van der Waals surface area contributed by atoms with Crippen molar-refractivity contribution in [1.82, 2.24) is 0 Å². The minimum Gasteiger partial charge on any atom is -0.460 e. The number of carbonyl (C=O) groups is 3. The summed E-state index contributed by atoms with van der Waals surface area (Å²) in [5.41, 5.74) is 3.97. The van der Waals surface area contributed by atoms with Gasteiger partial charge in [0.25, 0.3) is 0 Å². The second-order valence-corrected chi connectivity index (χ2v) is 9.50. The number of para-hydroxylation sites is 2. The highest BCUT2D eigenvalue weighted by Crippen LogP contribution is 2.35. The lowest BCUT2D eigenvalue weighted by Crippen LogP contribution is -2.16. The molecule has 3 aromatic carbocycles. The van der Waals surface area contributed by atoms with Crippen molar-refractivity contribution in [3.8, 4) is 0 Å². The Bertz CT molecular complexity index is 1420. The lowest BCUT2D eigenvalue weighted by molar-refractivity contribution is -0.326. The van der Waals surface area contributed by atoms with Gasteiger partial charge in [-0.2, -0.15) is 0 Å². The van der Waals surface area contributed by atoms with Crippen LogP contribution in [0.4, 0.5) is 22.7 Å². The van der Waals surface area contributed by atoms with Crippen LogP contribution < -0.4 is 10.6 Å². The third kappa shape index (κ3) is 10.4. The number of nitrogens with one attached hydrogen (secondary N) is 2. The highest BCUT2D eigenvalue weighted by Gasteiger charge is 2.22. The predicted octanol–water partition coefficient (Wildman–Crippen LogP) is 6.58. The fourth-order valence-electron chi connectivity index (χ4n) is 3.65. The Balaban J connectivity index is 1.88. The van der Waals surface area contributed by atoms with Gasteiger partial charge >= 0.3 is 17.9 Å². The number of ether oxygens (including phenoxy) is 3. The van der Waals surface area contributed by atoms with E-state index in [-0.39, 0.29) is 43.1 Å². The van der Waals surface area contributed by atoms with E-state index in [4.69, 9.17) is 24.0 Å². The number of carbonyl (C=O) groups excluding carboxylic acids is 3. The fraction of sp³-hybridized carbons (Fsp3) is 0.242. The van der Waals surface area contributed by atoms with E-state index < -0.39 is 24.0 Å². The molecule has 10 heteroatoms. The van der Waals surface area contributed by atoms with Crippen molar-refractivity contribution in [2.75, 3.05) is 37.1 Å². The summed E-state index contributed by atoms with van der Waals surface area (Å²) in [4.78, 5) is 47.5. The zero-order chi connectivity index (χ0) is 31.2. The Morgan fingerprint density at radius 2 is 1.19 bits per heavy atom. The van der Waals surface area contributed by atoms with Gasteiger partial charge in [-0.25, -0.2) is 24.2 Å². The van der Waals surface area contributed by atoms with E-state index in [1.165, 1.54) is 6.92 Å². The van der Waals surface area contributed by atoms with E-state index in [1.807, 2.05) is 60.7 Å². The molecule has 0 amide bonds. The normalized spacial score (nSPS) is 11.1. The smallest absolute Gasteiger partial charge is 0.340 e. The zero-order valence-corrected chi connectivity index (χ0v) is 24.5. The van der Waals surface area contributed by atoms with Crippen molar-refractivity contribution < 1.29 is 38.4 Å². The quantitative estimate of drug-likeness (QED) is 0.0474. The molecule has 0 aliphatic heterocycles. The van der Waals surface area contributed by atoms with Crippen LogP contribution >= 0.6 is 0 Å². The summed E-state index contributed by atoms with van der Waals surface area (Å²) in [6.45, 7) is 11.7. The number of esters is 3. The molecule has 0 bridgehead atoms. The average molecular weight is 589 g/mol. The van der Waals surface area contributed by atoms with Crippen molar-refractivity contribution in [2.24, 2.45) is 0 Å². The van der Waals surface area contributed by atoms with Crippen molar-refractivity contribution in [1.29, 1.82) is 0 Å². The first-order chi connectivity index (χ1) is 20.7. The summed E-state index contributed by atoms with van der Waals surface area (Å²) >= 11 is 0. The van der Waals surface area contributed by atoms with E-state index in [9.17, 15) is 14.4 Å². The van der Waals surface area contributed by atoms with Gasteiger partial charge in [0, 0.05) is 33.8 Å². The monoisotopic (exact) mass is 588 g/mol. The van der Waals surface area contributed by atoms with E-state index in [1.54, 1.807) is 26.0 Å². The van der Waals surface area contributed by atoms with Gasteiger partial charge in [-0.3, -0.25) is 0 Å². The van der Waals surface area contributed by atoms with E-state index in [0.717, 1.165) is 11.4 Å². The van der Waals surface area contributed by atoms with Gasteiger partial charge in [0.2, 0.25) is 0 Å². The number of hydrogen-bond acceptors (Lipinski definition) is 10. The summed E-state index contributed by atoms with van der Waals surface area (Å²) in [6, 6.07) is 22.2. The molecule has 0 heterocycles. The summed E-state index contributed by atoms with van der Waals surface area (Å²) in [5.74, 6) is -1.71. The van der Waals surface area contributed by atoms with Gasteiger partial charge in [-0.05, 0) is 57.2 Å². The van der Waals surface area contributed by atoms with Gasteiger partial charge in [0.1, 0.15) is 32.5 Å². The predicted molar refractivity (Wildman–Crippen MR) is 163 cm³/mol. The van der Waals surface area contributed by atoms with Crippen LogP contribution in [0.15, 0.2) is 97.1 Å². The molecule has 3 aromatic rings. The maximum atomic E-state index is 13.3. The number of hydrogen-bond donors (Lipinski definition) is 2. The number of rotatable bonds is 16. The van der Waals surface area contributed by atoms with Crippen LogP contribution in [0.5, 0.6) is 0 Å². The molecule has 0 fully saturated rings. The molecule has 3 rings (SSSR count). The largest absolute Gasteiger partial charge is 0.460 e. The molecular weight excluding hydrogens is 552 g/mol. The Kier molecular flexibility index (Phi) is 12.5. The van der Waals surface area contributed by atoms with Gasteiger partial charge in [-0.1, -0.05) is 49.6 Å². The Labute approximate surface area is 251 Å². The molecule has 2 N–H and O–H groups in total. The van der Waals surface area contributed by atoms with Crippen LogP contribution in [0.1, 0.15) is 42.8 Å². The minimum absolute atomic E-state index is 0.000289. The lowest BCUT2D eigenvalue weighted by Gasteiger charge is -2.21. The average Bonchev–Trinajstić information content (AvgIpc) is 3.00. The third-order valence-corrected chi connectivity index (χ3v) is 5.81. The van der Waals surface area contributed by atoms with E-state index in [0.29, 0.717) is 16.9 Å². The van der Waals surface area contributed by atoms with Gasteiger partial charge < -0.3 is 24.8 Å². The lowest BCUT2D eigenvalue weighted by atomic mass is 10.0. The third-order valence-electron chi connectivity index (χ3n) is 5.81. The first-order valence-electron chi connectivity index (χ1n) is 13.6. The molecule has 0 spiro atoms. The molecule has 0 saturated heterocycles. The molecule has 0 saturated carbocycles. The van der Waals surface area contributed by atoms with Gasteiger partial charge in [0.15, 0.2) is 0 Å². The van der Waals surface area contributed by atoms with Crippen molar-refractivity contribution >= 4 is 40.7 Å². The van der Waals surface area contributed by atoms with E-state index in [2.05, 4.69) is 23.8 Å². The molecule has 0 aliphatic rings. The second-order valence-electron chi connectivity index (χ2n) is 9.50. The Hall–Kier alpha value is -4.93. The van der Waals surface area contributed by atoms with Crippen molar-refractivity contribution in [2.45, 2.75) is 26.9 Å². The summed E-state index contributed by atoms with van der Waals surface area (Å²) < 4.78 is 15.5. The number of anilines is 4. The second kappa shape index (κ2) is 16.5. The summed E-state index contributed by atoms with van der Waals surface area (Å²) in [6.07, 6.45) is -0.619. The fourth-order valence-corrected chi connectivity index (χ4v) is 3.65. The Morgan fingerprint density at radius 3 is 1.72 bits per heavy atom. The number of benzene rings is 3. The van der Waals surface area contributed by atoms with Crippen LogP contribution in [0.2, 0.25) is 0 Å². The van der Waals surface area contributed by atoms with E-state index >= 15 is 0 Å². The highest BCUT2D eigenvalue weighted by atomic mass is 17.2. The van der Waals surface area contributed by atoms with Crippen molar-refractivity contribution in [3.05, 3.63) is 108 Å². The maximum Gasteiger partial charge on any atom is 0.340 e. The molecule has 43 heavy (non-hydrogen) atoms. The zero-order valence-electron chi connectivity index (χ0n) is 24.5. The Morgan fingerprint density at radius 1 is 0.698 bits per heavy atom. The highest BCUT2D eigenvalue weighted by molar-refractivity contribution is 5.98. The van der Waals surface area contributed by atoms with Gasteiger partial charge in [0.05, 0.1) is 11.3 Å².